The molecule has 4 rings (SSSR count). The summed E-state index contributed by atoms with van der Waals surface area (Å²) in [5, 5.41) is 3.64. The number of carbonyl (C=O) groups excluding carboxylic acids is 1. The number of imidazole rings is 1. The van der Waals surface area contributed by atoms with Crippen LogP contribution >= 0.6 is 23.2 Å². The highest BCUT2D eigenvalue weighted by atomic mass is 35.5. The number of amides is 1. The summed E-state index contributed by atoms with van der Waals surface area (Å²) in [5.74, 6) is 0.489. The average Bonchev–Trinajstić information content (AvgIpc) is 3.31. The van der Waals surface area contributed by atoms with E-state index in [1.54, 1.807) is 30.3 Å². The van der Waals surface area contributed by atoms with E-state index in [-0.39, 0.29) is 18.1 Å². The van der Waals surface area contributed by atoms with E-state index in [0.29, 0.717) is 27.0 Å². The fourth-order valence-corrected chi connectivity index (χ4v) is 2.88. The van der Waals surface area contributed by atoms with Gasteiger partial charge in [0, 0.05) is 6.54 Å². The van der Waals surface area contributed by atoms with Gasteiger partial charge in [-0.05, 0) is 29.8 Å². The molecule has 1 amide bonds. The number of nitrogen functional groups attached to an aromatic ring is 1. The number of aromatic nitrogens is 4. The van der Waals surface area contributed by atoms with Crippen LogP contribution in [-0.2, 0) is 6.54 Å². The van der Waals surface area contributed by atoms with E-state index in [9.17, 15) is 4.79 Å². The van der Waals surface area contributed by atoms with Gasteiger partial charge in [-0.15, -0.1) is 0 Å². The topological polar surface area (TPSA) is 112 Å². The van der Waals surface area contributed by atoms with E-state index >= 15 is 0 Å². The van der Waals surface area contributed by atoms with Crippen molar-refractivity contribution < 1.29 is 9.21 Å². The van der Waals surface area contributed by atoms with Gasteiger partial charge in [0.2, 0.25) is 5.95 Å². The van der Waals surface area contributed by atoms with Gasteiger partial charge in [-0.25, -0.2) is 19.3 Å². The SMILES string of the molecule is Nc1nc(-c2ccco2)c2ncn(C(=O)NCc3ccc(Cl)c(Cl)c3)c2n1. The largest absolute Gasteiger partial charge is 0.463 e. The maximum atomic E-state index is 12.6. The van der Waals surface area contributed by atoms with Crippen molar-refractivity contribution in [3.05, 3.63) is 58.5 Å². The molecule has 0 aliphatic rings. The van der Waals surface area contributed by atoms with Crippen molar-refractivity contribution in [3.8, 4) is 11.5 Å². The molecule has 0 unspecified atom stereocenters. The second-order valence-electron chi connectivity index (χ2n) is 5.60. The van der Waals surface area contributed by atoms with Crippen LogP contribution in [0.2, 0.25) is 10.0 Å². The fourth-order valence-electron chi connectivity index (χ4n) is 2.56. The van der Waals surface area contributed by atoms with Crippen molar-refractivity contribution in [1.82, 2.24) is 24.8 Å². The van der Waals surface area contributed by atoms with Crippen molar-refractivity contribution in [2.75, 3.05) is 5.73 Å². The zero-order valence-electron chi connectivity index (χ0n) is 13.7. The summed E-state index contributed by atoms with van der Waals surface area (Å²) < 4.78 is 6.62. The first-order valence-electron chi connectivity index (χ1n) is 7.79. The van der Waals surface area contributed by atoms with Crippen molar-refractivity contribution in [2.24, 2.45) is 0 Å². The molecule has 3 heterocycles. The molecule has 0 aliphatic carbocycles. The number of halogens is 2. The number of nitrogens with zero attached hydrogens (tertiary/aromatic N) is 4. The Balaban J connectivity index is 1.63. The van der Waals surface area contributed by atoms with Gasteiger partial charge in [-0.2, -0.15) is 4.98 Å². The lowest BCUT2D eigenvalue weighted by molar-refractivity contribution is 0.242. The fraction of sp³-hybridized carbons (Fsp3) is 0.0588. The summed E-state index contributed by atoms with van der Waals surface area (Å²) in [7, 11) is 0. The second kappa shape index (κ2) is 6.90. The normalized spacial score (nSPS) is 11.0. The summed E-state index contributed by atoms with van der Waals surface area (Å²) in [5.41, 5.74) is 7.69. The molecule has 10 heteroatoms. The maximum absolute atomic E-state index is 12.6. The first-order chi connectivity index (χ1) is 13.0. The van der Waals surface area contributed by atoms with Crippen molar-refractivity contribution in [3.63, 3.8) is 0 Å². The van der Waals surface area contributed by atoms with Gasteiger partial charge in [-0.1, -0.05) is 29.3 Å². The zero-order chi connectivity index (χ0) is 19.0. The molecular formula is C17H12Cl2N6O2. The Kier molecular flexibility index (Phi) is 4.43. The lowest BCUT2D eigenvalue weighted by Crippen LogP contribution is -2.27. The number of furan rings is 1. The zero-order valence-corrected chi connectivity index (χ0v) is 15.2. The number of carbonyl (C=O) groups is 1. The molecule has 8 nitrogen and oxygen atoms in total. The second-order valence-corrected chi connectivity index (χ2v) is 6.42. The van der Waals surface area contributed by atoms with Crippen LogP contribution < -0.4 is 11.1 Å². The van der Waals surface area contributed by atoms with Gasteiger partial charge in [0.15, 0.2) is 11.4 Å². The Hall–Kier alpha value is -3.10. The minimum atomic E-state index is -0.424. The van der Waals surface area contributed by atoms with Crippen LogP contribution in [0.1, 0.15) is 5.56 Å². The molecule has 0 spiro atoms. The minimum absolute atomic E-state index is 0.00735. The Bertz CT molecular complexity index is 1140. The lowest BCUT2D eigenvalue weighted by atomic mass is 10.2. The molecule has 0 radical (unpaired) electrons. The number of benzene rings is 1. The first-order valence-corrected chi connectivity index (χ1v) is 8.55. The van der Waals surface area contributed by atoms with Gasteiger partial charge in [0.05, 0.1) is 16.3 Å². The molecule has 3 N–H and O–H groups in total. The van der Waals surface area contributed by atoms with Crippen LogP contribution in [0.25, 0.3) is 22.6 Å². The predicted molar refractivity (Wildman–Crippen MR) is 102 cm³/mol. The minimum Gasteiger partial charge on any atom is -0.463 e. The number of hydrogen-bond donors (Lipinski definition) is 2. The monoisotopic (exact) mass is 402 g/mol. The molecular weight excluding hydrogens is 391 g/mol. The molecule has 0 fully saturated rings. The van der Waals surface area contributed by atoms with E-state index in [2.05, 4.69) is 20.3 Å². The Morgan fingerprint density at radius 2 is 2.07 bits per heavy atom. The van der Waals surface area contributed by atoms with E-state index in [1.807, 2.05) is 0 Å². The predicted octanol–water partition coefficient (Wildman–Crippen LogP) is 3.73. The number of rotatable bonds is 3. The quantitative estimate of drug-likeness (QED) is 0.539. The van der Waals surface area contributed by atoms with Gasteiger partial charge < -0.3 is 15.5 Å². The maximum Gasteiger partial charge on any atom is 0.328 e. The number of nitrogens with two attached hydrogens (primary N) is 1. The molecule has 1 aromatic carbocycles. The molecule has 0 saturated carbocycles. The molecule has 27 heavy (non-hydrogen) atoms. The third kappa shape index (κ3) is 3.32. The van der Waals surface area contributed by atoms with E-state index in [4.69, 9.17) is 33.4 Å². The Morgan fingerprint density at radius 1 is 1.22 bits per heavy atom. The van der Waals surface area contributed by atoms with E-state index in [1.165, 1.54) is 17.2 Å². The first kappa shape index (κ1) is 17.3. The van der Waals surface area contributed by atoms with Crippen molar-refractivity contribution >= 4 is 46.3 Å². The van der Waals surface area contributed by atoms with Crippen molar-refractivity contribution in [1.29, 1.82) is 0 Å². The molecule has 0 aliphatic heterocycles. The Morgan fingerprint density at radius 3 is 2.81 bits per heavy atom. The standard InChI is InChI=1S/C17H12Cl2N6O2/c18-10-4-3-9(6-11(10)19)7-21-17(26)25-8-22-14-13(12-2-1-5-27-12)23-16(20)24-15(14)25/h1-6,8H,7H2,(H,21,26)(H2,20,23,24). The third-order valence-electron chi connectivity index (χ3n) is 3.81. The molecule has 136 valence electrons. The summed E-state index contributed by atoms with van der Waals surface area (Å²) in [4.78, 5) is 25.1. The third-order valence-corrected chi connectivity index (χ3v) is 4.55. The lowest BCUT2D eigenvalue weighted by Gasteiger charge is -2.07. The number of anilines is 1. The molecule has 0 atom stereocenters. The smallest absolute Gasteiger partial charge is 0.328 e. The van der Waals surface area contributed by atoms with Crippen LogP contribution in [0.15, 0.2) is 47.3 Å². The number of nitrogens with one attached hydrogen (secondary N) is 1. The Labute approximate surface area is 162 Å². The van der Waals surface area contributed by atoms with Crippen molar-refractivity contribution in [2.45, 2.75) is 6.54 Å². The van der Waals surface area contributed by atoms with Crippen LogP contribution in [-0.4, -0.2) is 25.6 Å². The van der Waals surface area contributed by atoms with Crippen LogP contribution in [0.3, 0.4) is 0 Å². The number of hydrogen-bond acceptors (Lipinski definition) is 6. The van der Waals surface area contributed by atoms with Gasteiger partial charge in [0.25, 0.3) is 0 Å². The highest BCUT2D eigenvalue weighted by Gasteiger charge is 2.18. The number of fused-ring (bicyclic) bond motifs is 1. The van der Waals surface area contributed by atoms with Crippen LogP contribution in [0.4, 0.5) is 10.7 Å². The molecule has 3 aromatic heterocycles. The molecule has 4 aromatic rings. The van der Waals surface area contributed by atoms with E-state index in [0.717, 1.165) is 5.56 Å². The van der Waals surface area contributed by atoms with Crippen LogP contribution in [0.5, 0.6) is 0 Å². The molecule has 0 saturated heterocycles. The summed E-state index contributed by atoms with van der Waals surface area (Å²) in [6, 6.07) is 8.15. The summed E-state index contributed by atoms with van der Waals surface area (Å²) in [6.45, 7) is 0.251. The highest BCUT2D eigenvalue weighted by molar-refractivity contribution is 6.42. The van der Waals surface area contributed by atoms with Gasteiger partial charge in [0.1, 0.15) is 17.5 Å². The van der Waals surface area contributed by atoms with E-state index < -0.39 is 6.03 Å². The van der Waals surface area contributed by atoms with Crippen LogP contribution in [0, 0.1) is 0 Å². The average molecular weight is 403 g/mol. The van der Waals surface area contributed by atoms with Gasteiger partial charge >= 0.3 is 6.03 Å². The van der Waals surface area contributed by atoms with Gasteiger partial charge in [-0.3, -0.25) is 0 Å². The summed E-state index contributed by atoms with van der Waals surface area (Å²) in [6.07, 6.45) is 2.87. The molecule has 0 bridgehead atoms. The highest BCUT2D eigenvalue weighted by Crippen LogP contribution is 2.26. The summed E-state index contributed by atoms with van der Waals surface area (Å²) >= 11 is 11.9.